The molecule has 2 heterocycles. The molecule has 2 N–H and O–H groups in total. The van der Waals surface area contributed by atoms with Gasteiger partial charge in [-0.1, -0.05) is 30.3 Å². The lowest BCUT2D eigenvalue weighted by Gasteiger charge is -2.13. The number of nitrogens with one attached hydrogen (secondary N) is 1. The minimum atomic E-state index is -0.763. The number of rotatable bonds is 3. The minimum Gasteiger partial charge on any atom is -0.387 e. The molecule has 0 spiro atoms. The van der Waals surface area contributed by atoms with Crippen LogP contribution in [0, 0.1) is 4.77 Å². The summed E-state index contributed by atoms with van der Waals surface area (Å²) in [6.07, 6.45) is -0.763. The van der Waals surface area contributed by atoms with Crippen LogP contribution in [-0.4, -0.2) is 14.7 Å². The fraction of sp³-hybridized carbons (Fsp3) is 0.143. The van der Waals surface area contributed by atoms with Crippen molar-refractivity contribution in [1.82, 2.24) is 9.55 Å². The van der Waals surface area contributed by atoms with Gasteiger partial charge >= 0.3 is 0 Å². The molecule has 102 valence electrons. The Hall–Kier alpha value is -1.76. The first kappa shape index (κ1) is 13.2. The van der Waals surface area contributed by atoms with E-state index in [0.29, 0.717) is 9.47 Å². The Morgan fingerprint density at radius 3 is 2.80 bits per heavy atom. The zero-order valence-electron chi connectivity index (χ0n) is 10.4. The molecule has 1 unspecified atom stereocenters. The van der Waals surface area contributed by atoms with E-state index in [0.717, 1.165) is 11.1 Å². The van der Waals surface area contributed by atoms with Gasteiger partial charge in [-0.05, 0) is 29.2 Å². The molecule has 0 aliphatic carbocycles. The molecule has 1 atom stereocenters. The lowest BCUT2D eigenvalue weighted by molar-refractivity contribution is 0.154. The zero-order valence-corrected chi connectivity index (χ0v) is 12.1. The van der Waals surface area contributed by atoms with Crippen molar-refractivity contribution in [3.63, 3.8) is 0 Å². The van der Waals surface area contributed by atoms with E-state index in [1.807, 2.05) is 41.8 Å². The van der Waals surface area contributed by atoms with E-state index in [1.165, 1.54) is 15.9 Å². The Morgan fingerprint density at radius 2 is 2.05 bits per heavy atom. The molecule has 3 aromatic rings. The third-order valence-corrected chi connectivity index (χ3v) is 4.36. The molecule has 0 saturated heterocycles. The summed E-state index contributed by atoms with van der Waals surface area (Å²) in [6.45, 7) is 0.145. The van der Waals surface area contributed by atoms with Gasteiger partial charge < -0.3 is 10.1 Å². The van der Waals surface area contributed by atoms with Crippen LogP contribution in [-0.2, 0) is 6.54 Å². The van der Waals surface area contributed by atoms with Crippen LogP contribution in [0.2, 0.25) is 0 Å². The van der Waals surface area contributed by atoms with Gasteiger partial charge in [0.1, 0.15) is 4.70 Å². The number of aliphatic hydroxyl groups excluding tert-OH is 1. The summed E-state index contributed by atoms with van der Waals surface area (Å²) >= 11 is 6.57. The second kappa shape index (κ2) is 5.32. The summed E-state index contributed by atoms with van der Waals surface area (Å²) in [4.78, 5) is 15.4. The minimum absolute atomic E-state index is 0.145. The van der Waals surface area contributed by atoms with Crippen molar-refractivity contribution in [1.29, 1.82) is 0 Å². The van der Waals surface area contributed by atoms with Crippen molar-refractivity contribution in [2.45, 2.75) is 12.6 Å². The van der Waals surface area contributed by atoms with E-state index in [2.05, 4.69) is 4.98 Å². The van der Waals surface area contributed by atoms with Gasteiger partial charge in [-0.25, -0.2) is 0 Å². The SMILES string of the molecule is O=c1c2sccc2[nH]c(=S)n1CC(O)c1ccccc1. The van der Waals surface area contributed by atoms with Gasteiger partial charge in [0, 0.05) is 0 Å². The molecule has 0 aliphatic heterocycles. The standard InChI is InChI=1S/C14H12N2O2S2/c17-11(9-4-2-1-3-5-9)8-16-13(18)12-10(6-7-20-12)15-14(16)19/h1-7,11,17H,8H2,(H,15,19). The molecule has 0 saturated carbocycles. The van der Waals surface area contributed by atoms with Crippen LogP contribution in [0.4, 0.5) is 0 Å². The summed E-state index contributed by atoms with van der Waals surface area (Å²) in [6, 6.07) is 11.1. The van der Waals surface area contributed by atoms with Gasteiger partial charge in [0.25, 0.3) is 5.56 Å². The molecule has 0 aliphatic rings. The number of fused-ring (bicyclic) bond motifs is 1. The molecule has 3 rings (SSSR count). The highest BCUT2D eigenvalue weighted by molar-refractivity contribution is 7.71. The first-order chi connectivity index (χ1) is 9.66. The number of H-pyrrole nitrogens is 1. The van der Waals surface area contributed by atoms with Gasteiger partial charge in [-0.2, -0.15) is 0 Å². The number of nitrogens with zero attached hydrogens (tertiary/aromatic N) is 1. The number of hydrogen-bond donors (Lipinski definition) is 2. The second-order valence-corrected chi connectivity index (χ2v) is 5.74. The van der Waals surface area contributed by atoms with Gasteiger partial charge in [-0.3, -0.25) is 9.36 Å². The van der Waals surface area contributed by atoms with E-state index < -0.39 is 6.10 Å². The fourth-order valence-electron chi connectivity index (χ4n) is 2.09. The van der Waals surface area contributed by atoms with Gasteiger partial charge in [-0.15, -0.1) is 11.3 Å². The predicted molar refractivity (Wildman–Crippen MR) is 82.7 cm³/mol. The highest BCUT2D eigenvalue weighted by atomic mass is 32.1. The smallest absolute Gasteiger partial charge is 0.272 e. The molecule has 6 heteroatoms. The van der Waals surface area contributed by atoms with E-state index in [-0.39, 0.29) is 12.1 Å². The van der Waals surface area contributed by atoms with Crippen LogP contribution in [0.15, 0.2) is 46.6 Å². The Labute approximate surface area is 124 Å². The van der Waals surface area contributed by atoms with Crippen LogP contribution in [0.3, 0.4) is 0 Å². The van der Waals surface area contributed by atoms with Crippen LogP contribution >= 0.6 is 23.6 Å². The quantitative estimate of drug-likeness (QED) is 0.732. The highest BCUT2D eigenvalue weighted by Gasteiger charge is 2.12. The van der Waals surface area contributed by atoms with Crippen LogP contribution < -0.4 is 5.56 Å². The van der Waals surface area contributed by atoms with E-state index in [1.54, 1.807) is 0 Å². The van der Waals surface area contributed by atoms with Crippen LogP contribution in [0.1, 0.15) is 11.7 Å². The first-order valence-corrected chi connectivity index (χ1v) is 7.39. The normalized spacial score (nSPS) is 12.7. The van der Waals surface area contributed by atoms with Crippen LogP contribution in [0.5, 0.6) is 0 Å². The largest absolute Gasteiger partial charge is 0.387 e. The number of aromatic nitrogens is 2. The molecule has 0 amide bonds. The van der Waals surface area contributed by atoms with Crippen molar-refractivity contribution < 1.29 is 5.11 Å². The fourth-order valence-corrected chi connectivity index (χ4v) is 3.15. The molecule has 0 radical (unpaired) electrons. The van der Waals surface area contributed by atoms with Gasteiger partial charge in [0.2, 0.25) is 0 Å². The molecule has 4 nitrogen and oxygen atoms in total. The summed E-state index contributed by atoms with van der Waals surface area (Å²) in [5, 5.41) is 12.1. The monoisotopic (exact) mass is 304 g/mol. The zero-order chi connectivity index (χ0) is 14.1. The maximum atomic E-state index is 12.4. The number of benzene rings is 1. The molecule has 0 fully saturated rings. The third kappa shape index (κ3) is 2.33. The predicted octanol–water partition coefficient (Wildman–Crippen LogP) is 2.85. The number of aliphatic hydroxyl groups is 1. The van der Waals surface area contributed by atoms with Crippen molar-refractivity contribution >= 4 is 33.8 Å². The molecule has 2 aromatic heterocycles. The Kier molecular flexibility index (Phi) is 3.52. The van der Waals surface area contributed by atoms with Gasteiger partial charge in [0.05, 0.1) is 18.2 Å². The van der Waals surface area contributed by atoms with Gasteiger partial charge in [0.15, 0.2) is 4.77 Å². The van der Waals surface area contributed by atoms with Crippen molar-refractivity contribution in [3.8, 4) is 0 Å². The second-order valence-electron chi connectivity index (χ2n) is 4.44. The third-order valence-electron chi connectivity index (χ3n) is 3.13. The Balaban J connectivity index is 2.03. The molecule has 0 bridgehead atoms. The maximum Gasteiger partial charge on any atom is 0.272 e. The topological polar surface area (TPSA) is 58.0 Å². The summed E-state index contributed by atoms with van der Waals surface area (Å²) in [7, 11) is 0. The summed E-state index contributed by atoms with van der Waals surface area (Å²) < 4.78 is 2.36. The number of aromatic amines is 1. The number of thiophene rings is 1. The highest BCUT2D eigenvalue weighted by Crippen LogP contribution is 2.17. The van der Waals surface area contributed by atoms with E-state index in [9.17, 15) is 9.90 Å². The van der Waals surface area contributed by atoms with E-state index in [4.69, 9.17) is 12.2 Å². The Morgan fingerprint density at radius 1 is 1.30 bits per heavy atom. The summed E-state index contributed by atoms with van der Waals surface area (Å²) in [5.41, 5.74) is 1.35. The molecule has 1 aromatic carbocycles. The molecule has 20 heavy (non-hydrogen) atoms. The Bertz CT molecular complexity index is 849. The molecular formula is C14H12N2O2S2. The summed E-state index contributed by atoms with van der Waals surface area (Å²) in [5.74, 6) is 0. The number of hydrogen-bond acceptors (Lipinski definition) is 4. The average Bonchev–Trinajstić information content (AvgIpc) is 2.92. The van der Waals surface area contributed by atoms with Crippen molar-refractivity contribution in [2.75, 3.05) is 0 Å². The van der Waals surface area contributed by atoms with Crippen molar-refractivity contribution in [3.05, 3.63) is 62.5 Å². The lowest BCUT2D eigenvalue weighted by atomic mass is 10.1. The maximum absolute atomic E-state index is 12.4. The molecular weight excluding hydrogens is 292 g/mol. The van der Waals surface area contributed by atoms with Crippen LogP contribution in [0.25, 0.3) is 10.2 Å². The first-order valence-electron chi connectivity index (χ1n) is 6.10. The van der Waals surface area contributed by atoms with E-state index >= 15 is 0 Å². The average molecular weight is 304 g/mol. The van der Waals surface area contributed by atoms with Crippen molar-refractivity contribution in [2.24, 2.45) is 0 Å². The lowest BCUT2D eigenvalue weighted by Crippen LogP contribution is -2.24.